The molecule has 0 bridgehead atoms. The first-order valence-corrected chi connectivity index (χ1v) is 7.67. The average Bonchev–Trinajstić information content (AvgIpc) is 2.40. The van der Waals surface area contributed by atoms with Crippen molar-refractivity contribution in [1.82, 2.24) is 0 Å². The fourth-order valence-electron chi connectivity index (χ4n) is 1.65. The first kappa shape index (κ1) is 15.0. The third kappa shape index (κ3) is 3.57. The molecule has 1 N–H and O–H groups in total. The number of carboxylic acid groups (broad SMARTS) is 1. The summed E-state index contributed by atoms with van der Waals surface area (Å²) in [5, 5.41) is 9.01. The maximum Gasteiger partial charge on any atom is 0.339 e. The van der Waals surface area contributed by atoms with Gasteiger partial charge in [-0.3, -0.25) is 0 Å². The van der Waals surface area contributed by atoms with Crippen LogP contribution in [0, 0.1) is 5.82 Å². The van der Waals surface area contributed by atoms with E-state index in [1.54, 1.807) is 0 Å². The minimum atomic E-state index is -3.41. The topological polar surface area (TPSA) is 80.7 Å². The number of carbonyl (C=O) groups is 1. The molecule has 110 valence electrons. The Bertz CT molecular complexity index is 799. The van der Waals surface area contributed by atoms with Gasteiger partial charge in [-0.05, 0) is 36.4 Å². The Morgan fingerprint density at radius 2 is 1.90 bits per heavy atom. The third-order valence-electron chi connectivity index (χ3n) is 2.63. The lowest BCUT2D eigenvalue weighted by Gasteiger charge is -2.09. The van der Waals surface area contributed by atoms with Crippen LogP contribution in [0.4, 0.5) is 4.39 Å². The van der Waals surface area contributed by atoms with Crippen molar-refractivity contribution in [1.29, 1.82) is 0 Å². The predicted octanol–water partition coefficient (Wildman–Crippen LogP) is 2.72. The number of hydrogen-bond donors (Lipinski definition) is 1. The van der Waals surface area contributed by atoms with Crippen LogP contribution >= 0.6 is 0 Å². The summed E-state index contributed by atoms with van der Waals surface area (Å²) in [5.74, 6) is -1.98. The number of hydrogen-bond acceptors (Lipinski definition) is 4. The number of halogens is 1. The summed E-state index contributed by atoms with van der Waals surface area (Å²) in [6.07, 6.45) is 1.05. The molecule has 2 aromatic carbocycles. The van der Waals surface area contributed by atoms with E-state index in [1.165, 1.54) is 30.3 Å². The van der Waals surface area contributed by atoms with Gasteiger partial charge >= 0.3 is 5.97 Å². The third-order valence-corrected chi connectivity index (χ3v) is 3.74. The van der Waals surface area contributed by atoms with Crippen molar-refractivity contribution in [2.45, 2.75) is 4.90 Å². The maximum atomic E-state index is 13.1. The minimum Gasteiger partial charge on any atom is -0.478 e. The molecule has 0 atom stereocenters. The molecule has 2 rings (SSSR count). The van der Waals surface area contributed by atoms with Crippen LogP contribution in [0.1, 0.15) is 10.4 Å². The largest absolute Gasteiger partial charge is 0.478 e. The molecule has 21 heavy (non-hydrogen) atoms. The Morgan fingerprint density at radius 3 is 2.52 bits per heavy atom. The highest BCUT2D eigenvalue weighted by Gasteiger charge is 2.14. The van der Waals surface area contributed by atoms with Gasteiger partial charge in [0.25, 0.3) is 0 Å². The quantitative estimate of drug-likeness (QED) is 0.939. The van der Waals surface area contributed by atoms with Crippen LogP contribution in [-0.4, -0.2) is 25.7 Å². The van der Waals surface area contributed by atoms with Crippen molar-refractivity contribution in [3.05, 3.63) is 53.8 Å². The Balaban J connectivity index is 2.41. The SMILES string of the molecule is CS(=O)(=O)c1cccc(Oc2ccc(F)cc2C(=O)O)c1. The number of ether oxygens (including phenoxy) is 1. The zero-order valence-electron chi connectivity index (χ0n) is 10.9. The Hall–Kier alpha value is -2.41. The monoisotopic (exact) mass is 310 g/mol. The molecule has 7 heteroatoms. The van der Waals surface area contributed by atoms with E-state index in [-0.39, 0.29) is 22.0 Å². The highest BCUT2D eigenvalue weighted by Crippen LogP contribution is 2.27. The lowest BCUT2D eigenvalue weighted by molar-refractivity contribution is 0.0693. The number of sulfone groups is 1. The predicted molar refractivity (Wildman–Crippen MR) is 73.0 cm³/mol. The van der Waals surface area contributed by atoms with Crippen molar-refractivity contribution in [2.75, 3.05) is 6.26 Å². The van der Waals surface area contributed by atoms with Gasteiger partial charge in [-0.1, -0.05) is 6.07 Å². The molecule has 0 spiro atoms. The van der Waals surface area contributed by atoms with Gasteiger partial charge < -0.3 is 9.84 Å². The van der Waals surface area contributed by atoms with E-state index in [9.17, 15) is 17.6 Å². The van der Waals surface area contributed by atoms with Gasteiger partial charge in [0.1, 0.15) is 22.9 Å². The molecule has 0 unspecified atom stereocenters. The number of rotatable bonds is 4. The van der Waals surface area contributed by atoms with Crippen molar-refractivity contribution in [3.8, 4) is 11.5 Å². The standard InChI is InChI=1S/C14H11FO5S/c1-21(18,19)11-4-2-3-10(8-11)20-13-6-5-9(15)7-12(13)14(16)17/h2-8H,1H3,(H,16,17). The van der Waals surface area contributed by atoms with Gasteiger partial charge in [0.2, 0.25) is 0 Å². The summed E-state index contributed by atoms with van der Waals surface area (Å²) >= 11 is 0. The van der Waals surface area contributed by atoms with Crippen LogP contribution in [0.5, 0.6) is 11.5 Å². The highest BCUT2D eigenvalue weighted by molar-refractivity contribution is 7.90. The smallest absolute Gasteiger partial charge is 0.339 e. The summed E-state index contributed by atoms with van der Waals surface area (Å²) in [4.78, 5) is 11.1. The Labute approximate surface area is 120 Å². The number of carboxylic acids is 1. The molecule has 0 aliphatic heterocycles. The second-order valence-corrected chi connectivity index (χ2v) is 6.31. The van der Waals surface area contributed by atoms with Gasteiger partial charge in [0, 0.05) is 6.26 Å². The van der Waals surface area contributed by atoms with Gasteiger partial charge in [0.05, 0.1) is 4.90 Å². The van der Waals surface area contributed by atoms with Crippen molar-refractivity contribution in [2.24, 2.45) is 0 Å². The highest BCUT2D eigenvalue weighted by atomic mass is 32.2. The summed E-state index contributed by atoms with van der Waals surface area (Å²) in [6.45, 7) is 0. The molecule has 0 fully saturated rings. The van der Waals surface area contributed by atoms with E-state index < -0.39 is 21.6 Å². The normalized spacial score (nSPS) is 11.1. The number of benzene rings is 2. The Morgan fingerprint density at radius 1 is 1.19 bits per heavy atom. The van der Waals surface area contributed by atoms with E-state index in [0.717, 1.165) is 18.4 Å². The minimum absolute atomic E-state index is 0.0407. The van der Waals surface area contributed by atoms with Crippen LogP contribution in [0.15, 0.2) is 47.4 Å². The van der Waals surface area contributed by atoms with Crippen molar-refractivity contribution in [3.63, 3.8) is 0 Å². The molecule has 0 aliphatic rings. The first-order valence-electron chi connectivity index (χ1n) is 5.78. The summed E-state index contributed by atoms with van der Waals surface area (Å²) in [7, 11) is -3.41. The molecule has 0 saturated heterocycles. The van der Waals surface area contributed by atoms with Gasteiger partial charge in [-0.15, -0.1) is 0 Å². The first-order chi connectivity index (χ1) is 9.77. The van der Waals surface area contributed by atoms with Crippen LogP contribution in [0.2, 0.25) is 0 Å². The van der Waals surface area contributed by atoms with E-state index >= 15 is 0 Å². The fourth-order valence-corrected chi connectivity index (χ4v) is 2.31. The lowest BCUT2D eigenvalue weighted by Crippen LogP contribution is -2.01. The summed E-state index contributed by atoms with van der Waals surface area (Å²) < 4.78 is 41.3. The van der Waals surface area contributed by atoms with Crippen LogP contribution in [0.3, 0.4) is 0 Å². The molecule has 0 amide bonds. The second kappa shape index (κ2) is 5.53. The molecular formula is C14H11FO5S. The summed E-state index contributed by atoms with van der Waals surface area (Å²) in [6, 6.07) is 8.67. The average molecular weight is 310 g/mol. The second-order valence-electron chi connectivity index (χ2n) is 4.29. The number of aromatic carboxylic acids is 1. The fraction of sp³-hybridized carbons (Fsp3) is 0.0714. The Kier molecular flexibility index (Phi) is 3.95. The molecule has 0 aromatic heterocycles. The van der Waals surface area contributed by atoms with Crippen molar-refractivity contribution >= 4 is 15.8 Å². The van der Waals surface area contributed by atoms with Crippen molar-refractivity contribution < 1.29 is 27.4 Å². The van der Waals surface area contributed by atoms with Gasteiger partial charge in [-0.2, -0.15) is 0 Å². The molecular weight excluding hydrogens is 299 g/mol. The molecule has 0 radical (unpaired) electrons. The van der Waals surface area contributed by atoms with Crippen LogP contribution in [-0.2, 0) is 9.84 Å². The van der Waals surface area contributed by atoms with Crippen LogP contribution < -0.4 is 4.74 Å². The van der Waals surface area contributed by atoms with Crippen LogP contribution in [0.25, 0.3) is 0 Å². The maximum absolute atomic E-state index is 13.1. The van der Waals surface area contributed by atoms with E-state index in [1.807, 2.05) is 0 Å². The molecule has 5 nitrogen and oxygen atoms in total. The molecule has 0 heterocycles. The molecule has 0 saturated carbocycles. The molecule has 2 aromatic rings. The van der Waals surface area contributed by atoms with E-state index in [0.29, 0.717) is 0 Å². The lowest BCUT2D eigenvalue weighted by atomic mass is 10.2. The van der Waals surface area contributed by atoms with Gasteiger partial charge in [-0.25, -0.2) is 17.6 Å². The van der Waals surface area contributed by atoms with Gasteiger partial charge in [0.15, 0.2) is 9.84 Å². The summed E-state index contributed by atoms with van der Waals surface area (Å²) in [5.41, 5.74) is -0.347. The van der Waals surface area contributed by atoms with E-state index in [4.69, 9.17) is 9.84 Å². The van der Waals surface area contributed by atoms with E-state index in [2.05, 4.69) is 0 Å². The zero-order chi connectivity index (χ0) is 15.6. The zero-order valence-corrected chi connectivity index (χ0v) is 11.7. The molecule has 0 aliphatic carbocycles.